The number of para-hydroxylation sites is 1. The minimum absolute atomic E-state index is 0.0624. The van der Waals surface area contributed by atoms with Crippen LogP contribution in [0.4, 0.5) is 11.4 Å². The summed E-state index contributed by atoms with van der Waals surface area (Å²) in [6.45, 7) is 2.34. The van der Waals surface area contributed by atoms with Crippen molar-refractivity contribution in [1.82, 2.24) is 0 Å². The number of carbonyl (C=O) groups excluding carboxylic acids is 1. The number of aliphatic carboxylic acids is 1. The summed E-state index contributed by atoms with van der Waals surface area (Å²) in [6, 6.07) is 14.3. The van der Waals surface area contributed by atoms with Crippen LogP contribution in [-0.4, -0.2) is 116 Å². The Kier molecular flexibility index (Phi) is 11.2. The van der Waals surface area contributed by atoms with Gasteiger partial charge in [-0.05, 0) is 78.6 Å². The molecule has 15 nitrogen and oxygen atoms in total. The molecule has 1 amide bonds. The summed E-state index contributed by atoms with van der Waals surface area (Å²) in [6.07, 6.45) is -0.160. The Hall–Kier alpha value is -5.32. The molecule has 0 aromatic heterocycles. The number of carboxylic acids is 1. The number of rotatable bonds is 11. The molecule has 1 saturated heterocycles. The number of fused-ring (bicyclic) bond motifs is 4. The Morgan fingerprint density at radius 2 is 1.80 bits per heavy atom. The van der Waals surface area contributed by atoms with E-state index < -0.39 is 72.3 Å². The largest absolute Gasteiger partial charge is 0.508 e. The fraction of sp³-hybridized carbons (Fsp3) is 0.455. The van der Waals surface area contributed by atoms with Crippen LogP contribution in [0, 0.1) is 5.92 Å². The van der Waals surface area contributed by atoms with Crippen LogP contribution in [0.1, 0.15) is 73.6 Å². The van der Waals surface area contributed by atoms with Gasteiger partial charge in [0.05, 0.1) is 23.7 Å². The molecule has 4 aliphatic heterocycles. The Morgan fingerprint density at radius 1 is 1.00 bits per heavy atom. The summed E-state index contributed by atoms with van der Waals surface area (Å²) in [5, 5.41) is 78.1. The van der Waals surface area contributed by atoms with E-state index in [9.17, 15) is 45.3 Å². The quantitative estimate of drug-likeness (QED) is 0.130. The lowest BCUT2D eigenvalue weighted by Gasteiger charge is -2.50. The van der Waals surface area contributed by atoms with Crippen LogP contribution in [0.2, 0.25) is 0 Å². The molecule has 8 N–H and O–H groups in total. The van der Waals surface area contributed by atoms with Crippen molar-refractivity contribution < 1.29 is 54.8 Å². The number of ether oxygens (including phenoxy) is 2. The Morgan fingerprint density at radius 3 is 2.58 bits per heavy atom. The third-order valence-corrected chi connectivity index (χ3v) is 12.9. The molecule has 15 heteroatoms. The SMILES string of the molecule is CCC1=NCN=C1Cc1cc(C=CC(=O)N2c3cc(O[C@H]4O[C@H](CO)[C@@H](O)[C@H](O)[C@H]4O)c(O)cc3[C@H](C[C@@]34CCCC[C@@H]3CNc3ccccc34)[C@@H]2C(=O)O)ccc1O. The number of carboxylic acid groups (broad SMARTS) is 1. The van der Waals surface area contributed by atoms with E-state index in [1.54, 1.807) is 18.2 Å². The van der Waals surface area contributed by atoms with Crippen molar-refractivity contribution in [2.45, 2.75) is 100.0 Å². The van der Waals surface area contributed by atoms with Crippen LogP contribution in [0.15, 0.2) is 70.7 Å². The molecule has 2 fully saturated rings. The maximum atomic E-state index is 14.5. The van der Waals surface area contributed by atoms with Crippen LogP contribution in [-0.2, 0) is 26.2 Å². The van der Waals surface area contributed by atoms with Gasteiger partial charge in [0.25, 0.3) is 5.91 Å². The summed E-state index contributed by atoms with van der Waals surface area (Å²) < 4.78 is 11.4. The molecule has 0 unspecified atom stereocenters. The molecule has 9 atom stereocenters. The molecule has 5 aliphatic rings. The number of aliphatic hydroxyl groups excluding tert-OH is 4. The average molecular weight is 811 g/mol. The van der Waals surface area contributed by atoms with Crippen LogP contribution < -0.4 is 15.0 Å². The third-order valence-electron chi connectivity index (χ3n) is 12.9. The normalized spacial score (nSPS) is 29.9. The number of hydrogen-bond donors (Lipinski definition) is 8. The van der Waals surface area contributed by atoms with Gasteiger partial charge in [0, 0.05) is 47.7 Å². The lowest BCUT2D eigenvalue weighted by molar-refractivity contribution is -0.277. The summed E-state index contributed by atoms with van der Waals surface area (Å²) >= 11 is 0. The van der Waals surface area contributed by atoms with Crippen LogP contribution in [0.25, 0.3) is 6.08 Å². The maximum absolute atomic E-state index is 14.5. The number of amides is 1. The second-order valence-corrected chi connectivity index (χ2v) is 16.1. The van der Waals surface area contributed by atoms with Gasteiger partial charge in [-0.3, -0.25) is 19.7 Å². The Labute approximate surface area is 341 Å². The highest BCUT2D eigenvalue weighted by Crippen LogP contribution is 2.58. The summed E-state index contributed by atoms with van der Waals surface area (Å²) in [5.74, 6) is -3.14. The molecular weight excluding hydrogens is 761 g/mol. The number of aromatic hydroxyl groups is 2. The molecule has 1 aliphatic carbocycles. The Balaban J connectivity index is 1.18. The van der Waals surface area contributed by atoms with Gasteiger partial charge in [0.2, 0.25) is 6.29 Å². The van der Waals surface area contributed by atoms with Crippen LogP contribution in [0.3, 0.4) is 0 Å². The van der Waals surface area contributed by atoms with E-state index in [2.05, 4.69) is 21.4 Å². The highest BCUT2D eigenvalue weighted by molar-refractivity contribution is 6.43. The van der Waals surface area contributed by atoms with E-state index in [0.29, 0.717) is 49.2 Å². The summed E-state index contributed by atoms with van der Waals surface area (Å²) in [5.41, 5.74) is 5.07. The van der Waals surface area contributed by atoms with Gasteiger partial charge in [-0.15, -0.1) is 0 Å². The topological polar surface area (TPSA) is 234 Å². The zero-order valence-corrected chi connectivity index (χ0v) is 32.6. The molecule has 4 heterocycles. The molecular formula is C44H50N4O11. The number of carbonyl (C=O) groups is 2. The van der Waals surface area contributed by atoms with Crippen molar-refractivity contribution in [3.05, 3.63) is 82.9 Å². The van der Waals surface area contributed by atoms with Gasteiger partial charge in [0.15, 0.2) is 11.5 Å². The Bertz CT molecular complexity index is 2210. The fourth-order valence-electron chi connectivity index (χ4n) is 9.90. The van der Waals surface area contributed by atoms with Crippen molar-refractivity contribution in [1.29, 1.82) is 0 Å². The first-order chi connectivity index (χ1) is 28.4. The van der Waals surface area contributed by atoms with Gasteiger partial charge in [-0.1, -0.05) is 44.0 Å². The molecule has 0 bridgehead atoms. The predicted octanol–water partition coefficient (Wildman–Crippen LogP) is 3.62. The third kappa shape index (κ3) is 7.35. The molecule has 8 rings (SSSR count). The maximum Gasteiger partial charge on any atom is 0.327 e. The number of phenols is 2. The van der Waals surface area contributed by atoms with E-state index in [0.717, 1.165) is 48.4 Å². The van der Waals surface area contributed by atoms with E-state index >= 15 is 0 Å². The molecule has 0 radical (unpaired) electrons. The van der Waals surface area contributed by atoms with Crippen molar-refractivity contribution in [2.75, 3.05) is 30.0 Å². The number of benzene rings is 3. The van der Waals surface area contributed by atoms with Gasteiger partial charge in [-0.25, -0.2) is 4.79 Å². The number of aliphatic imine (C=N–C) groups is 2. The van der Waals surface area contributed by atoms with Gasteiger partial charge in [0.1, 0.15) is 42.9 Å². The lowest BCUT2D eigenvalue weighted by atomic mass is 9.56. The number of nitrogens with one attached hydrogen (secondary N) is 1. The van der Waals surface area contributed by atoms with Gasteiger partial charge < -0.3 is 50.5 Å². The second-order valence-electron chi connectivity index (χ2n) is 16.1. The molecule has 312 valence electrons. The fourth-order valence-corrected chi connectivity index (χ4v) is 9.90. The smallest absolute Gasteiger partial charge is 0.327 e. The first-order valence-corrected chi connectivity index (χ1v) is 20.2. The van der Waals surface area contributed by atoms with Crippen molar-refractivity contribution >= 4 is 40.8 Å². The van der Waals surface area contributed by atoms with Crippen molar-refractivity contribution in [2.24, 2.45) is 15.9 Å². The van der Waals surface area contributed by atoms with Crippen molar-refractivity contribution in [3.63, 3.8) is 0 Å². The number of anilines is 2. The monoisotopic (exact) mass is 810 g/mol. The van der Waals surface area contributed by atoms with E-state index in [4.69, 9.17) is 9.47 Å². The highest BCUT2D eigenvalue weighted by Gasteiger charge is 2.54. The first-order valence-electron chi connectivity index (χ1n) is 20.2. The van der Waals surface area contributed by atoms with Gasteiger partial charge in [-0.2, -0.15) is 0 Å². The first kappa shape index (κ1) is 40.5. The number of phenolic OH excluding ortho intramolecular Hbond substituents is 2. The minimum Gasteiger partial charge on any atom is -0.508 e. The van der Waals surface area contributed by atoms with E-state index in [1.807, 2.05) is 25.1 Å². The van der Waals surface area contributed by atoms with Crippen molar-refractivity contribution in [3.8, 4) is 17.2 Å². The zero-order valence-electron chi connectivity index (χ0n) is 32.6. The molecule has 0 spiro atoms. The number of aliphatic hydroxyl groups is 4. The van der Waals surface area contributed by atoms with Gasteiger partial charge >= 0.3 is 5.97 Å². The van der Waals surface area contributed by atoms with Crippen LogP contribution in [0.5, 0.6) is 17.2 Å². The minimum atomic E-state index is -1.79. The summed E-state index contributed by atoms with van der Waals surface area (Å²) in [7, 11) is 0. The standard InChI is InChI=1S/C44H50N4O11/c1-2-29-31(47-22-46-29)16-24-15-23(10-12-33(24)50)11-13-37(52)48-32-18-35(58-43-41(55)40(54)39(53)36(21-49)59-43)34(51)17-26(32)27(38(48)42(56)57)19-44-14-6-5-7-25(44)20-45-30-9-4-3-8-28(30)44/h3-4,8-13,15,17-18,25,27,36,38-41,43,45,49-51,53-55H,2,5-7,14,16,19-22H2,1H3,(H,56,57)/t25-,27+,36-,38-,39-,40+,41-,43+,44+/m1/s1. The average Bonchev–Trinajstić information content (AvgIpc) is 3.82. The van der Waals surface area contributed by atoms with E-state index in [1.165, 1.54) is 29.2 Å². The molecule has 1 saturated carbocycles. The van der Waals surface area contributed by atoms with Crippen LogP contribution >= 0.6 is 0 Å². The molecule has 59 heavy (non-hydrogen) atoms. The zero-order chi connectivity index (χ0) is 41.6. The summed E-state index contributed by atoms with van der Waals surface area (Å²) in [4.78, 5) is 38.2. The molecule has 3 aromatic carbocycles. The lowest BCUT2D eigenvalue weighted by Crippen LogP contribution is -2.60. The predicted molar refractivity (Wildman–Crippen MR) is 218 cm³/mol. The van der Waals surface area contributed by atoms with E-state index in [-0.39, 0.29) is 23.1 Å². The second kappa shape index (κ2) is 16.4. The highest BCUT2D eigenvalue weighted by atomic mass is 16.7. The number of nitrogens with zero attached hydrogens (tertiary/aromatic N) is 3. The number of hydrogen-bond acceptors (Lipinski definition) is 13. The molecule has 3 aromatic rings.